The molecule has 0 amide bonds. The molecular formula is C17H25N5O2S. The lowest BCUT2D eigenvalue weighted by molar-refractivity contribution is 0.354. The molecule has 0 bridgehead atoms. The number of hydrogen-bond acceptors (Lipinski definition) is 4. The van der Waals surface area contributed by atoms with Crippen LogP contribution in [0.3, 0.4) is 0 Å². The molecule has 1 saturated heterocycles. The molecule has 2 N–H and O–H groups in total. The van der Waals surface area contributed by atoms with E-state index in [9.17, 15) is 8.42 Å². The third kappa shape index (κ3) is 4.27. The molecular weight excluding hydrogens is 338 g/mol. The van der Waals surface area contributed by atoms with Gasteiger partial charge in [0.15, 0.2) is 0 Å². The molecule has 25 heavy (non-hydrogen) atoms. The fraction of sp³-hybridized carbons (Fsp3) is 0.471. The van der Waals surface area contributed by atoms with Crippen LogP contribution in [0.1, 0.15) is 31.0 Å². The molecule has 0 unspecified atom stereocenters. The molecule has 0 spiro atoms. The number of nitrogens with zero attached hydrogens (tertiary/aromatic N) is 3. The number of aromatic nitrogens is 2. The van der Waals surface area contributed by atoms with E-state index in [1.807, 2.05) is 41.2 Å². The van der Waals surface area contributed by atoms with E-state index in [2.05, 4.69) is 29.0 Å². The average molecular weight is 363 g/mol. The van der Waals surface area contributed by atoms with E-state index < -0.39 is 10.2 Å². The van der Waals surface area contributed by atoms with Gasteiger partial charge in [0, 0.05) is 44.5 Å². The molecule has 1 aromatic heterocycles. The first kappa shape index (κ1) is 18.1. The van der Waals surface area contributed by atoms with Crippen LogP contribution in [0.25, 0.3) is 5.69 Å². The topological polar surface area (TPSA) is 79.3 Å². The predicted octanol–water partition coefficient (Wildman–Crippen LogP) is 1.24. The third-order valence-electron chi connectivity index (χ3n) is 4.25. The van der Waals surface area contributed by atoms with Crippen LogP contribution in [-0.4, -0.2) is 48.7 Å². The van der Waals surface area contributed by atoms with E-state index in [0.29, 0.717) is 26.2 Å². The van der Waals surface area contributed by atoms with Crippen LogP contribution >= 0.6 is 0 Å². The summed E-state index contributed by atoms with van der Waals surface area (Å²) in [6.07, 6.45) is 1.91. The SMILES string of the molecule is CC(C)c1nn(-c2ccccc2)cc1CNS(=O)(=O)N1CCNCC1. The Bertz CT molecular complexity index is 796. The Hall–Kier alpha value is -1.74. The summed E-state index contributed by atoms with van der Waals surface area (Å²) < 4.78 is 31.0. The van der Waals surface area contributed by atoms with Gasteiger partial charge in [-0.3, -0.25) is 0 Å². The van der Waals surface area contributed by atoms with Crippen LogP contribution in [0.4, 0.5) is 0 Å². The van der Waals surface area contributed by atoms with Gasteiger partial charge < -0.3 is 5.32 Å². The summed E-state index contributed by atoms with van der Waals surface area (Å²) in [6.45, 7) is 6.73. The molecule has 1 aliphatic heterocycles. The normalized spacial score (nSPS) is 16.4. The maximum Gasteiger partial charge on any atom is 0.279 e. The summed E-state index contributed by atoms with van der Waals surface area (Å²) in [5, 5.41) is 7.81. The Balaban J connectivity index is 1.78. The second-order valence-electron chi connectivity index (χ2n) is 6.45. The summed E-state index contributed by atoms with van der Waals surface area (Å²) in [6, 6.07) is 9.83. The van der Waals surface area contributed by atoms with Crippen LogP contribution in [-0.2, 0) is 16.8 Å². The molecule has 0 saturated carbocycles. The van der Waals surface area contributed by atoms with Crippen molar-refractivity contribution in [2.45, 2.75) is 26.3 Å². The van der Waals surface area contributed by atoms with E-state index in [0.717, 1.165) is 16.9 Å². The highest BCUT2D eigenvalue weighted by Gasteiger charge is 2.24. The monoisotopic (exact) mass is 363 g/mol. The Morgan fingerprint density at radius 2 is 1.88 bits per heavy atom. The van der Waals surface area contributed by atoms with Gasteiger partial charge in [0.05, 0.1) is 11.4 Å². The number of benzene rings is 1. The van der Waals surface area contributed by atoms with Crippen LogP contribution in [0, 0.1) is 0 Å². The van der Waals surface area contributed by atoms with Crippen molar-refractivity contribution in [3.63, 3.8) is 0 Å². The summed E-state index contributed by atoms with van der Waals surface area (Å²) in [5.41, 5.74) is 2.77. The van der Waals surface area contributed by atoms with Gasteiger partial charge in [-0.2, -0.15) is 22.5 Å². The largest absolute Gasteiger partial charge is 0.314 e. The Morgan fingerprint density at radius 3 is 2.52 bits per heavy atom. The first-order valence-corrected chi connectivity index (χ1v) is 10.0. The first-order valence-electron chi connectivity index (χ1n) is 8.56. The minimum absolute atomic E-state index is 0.212. The number of piperazine rings is 1. The zero-order valence-corrected chi connectivity index (χ0v) is 15.5. The highest BCUT2D eigenvalue weighted by molar-refractivity contribution is 7.87. The molecule has 2 aromatic rings. The predicted molar refractivity (Wildman–Crippen MR) is 97.9 cm³/mol. The first-order chi connectivity index (χ1) is 12.0. The molecule has 3 rings (SSSR count). The van der Waals surface area contributed by atoms with E-state index >= 15 is 0 Å². The number of nitrogens with one attached hydrogen (secondary N) is 2. The minimum atomic E-state index is -3.47. The number of para-hydroxylation sites is 1. The second-order valence-corrected chi connectivity index (χ2v) is 8.20. The standard InChI is InChI=1S/C17H25N5O2S/c1-14(2)17-15(13-22(20-17)16-6-4-3-5-7-16)12-19-25(23,24)21-10-8-18-9-11-21/h3-7,13-14,18-19H,8-12H2,1-2H3. The Kier molecular flexibility index (Phi) is 5.53. The summed E-state index contributed by atoms with van der Waals surface area (Å²) in [7, 11) is -3.47. The average Bonchev–Trinajstić information content (AvgIpc) is 3.06. The molecule has 8 heteroatoms. The molecule has 2 heterocycles. The lowest BCUT2D eigenvalue weighted by Crippen LogP contribution is -2.50. The van der Waals surface area contributed by atoms with E-state index in [4.69, 9.17) is 0 Å². The molecule has 1 fully saturated rings. The maximum atomic E-state index is 12.5. The Morgan fingerprint density at radius 1 is 1.20 bits per heavy atom. The fourth-order valence-corrected chi connectivity index (χ4v) is 4.09. The zero-order chi connectivity index (χ0) is 17.9. The Labute approximate surface area is 149 Å². The molecule has 0 aliphatic carbocycles. The van der Waals surface area contributed by atoms with Crippen molar-refractivity contribution in [3.05, 3.63) is 47.8 Å². The molecule has 0 radical (unpaired) electrons. The van der Waals surface area contributed by atoms with Gasteiger partial charge in [-0.15, -0.1) is 0 Å². The van der Waals surface area contributed by atoms with Gasteiger partial charge >= 0.3 is 0 Å². The van der Waals surface area contributed by atoms with Gasteiger partial charge in [0.1, 0.15) is 0 Å². The van der Waals surface area contributed by atoms with Crippen molar-refractivity contribution in [1.29, 1.82) is 0 Å². The molecule has 1 aromatic carbocycles. The van der Waals surface area contributed by atoms with Crippen LogP contribution in [0.15, 0.2) is 36.5 Å². The summed E-state index contributed by atoms with van der Waals surface area (Å²) in [4.78, 5) is 0. The molecule has 136 valence electrons. The van der Waals surface area contributed by atoms with E-state index in [1.165, 1.54) is 4.31 Å². The molecule has 7 nitrogen and oxygen atoms in total. The lowest BCUT2D eigenvalue weighted by Gasteiger charge is -2.26. The highest BCUT2D eigenvalue weighted by atomic mass is 32.2. The maximum absolute atomic E-state index is 12.5. The zero-order valence-electron chi connectivity index (χ0n) is 14.6. The van der Waals surface area contributed by atoms with Gasteiger partial charge in [-0.25, -0.2) is 4.68 Å². The van der Waals surface area contributed by atoms with Crippen molar-refractivity contribution in [3.8, 4) is 5.69 Å². The molecule has 0 atom stereocenters. The van der Waals surface area contributed by atoms with E-state index in [-0.39, 0.29) is 12.5 Å². The van der Waals surface area contributed by atoms with Gasteiger partial charge in [-0.05, 0) is 18.1 Å². The summed E-state index contributed by atoms with van der Waals surface area (Å²) in [5.74, 6) is 0.212. The van der Waals surface area contributed by atoms with Crippen LogP contribution in [0.2, 0.25) is 0 Å². The van der Waals surface area contributed by atoms with Crippen LogP contribution < -0.4 is 10.0 Å². The quantitative estimate of drug-likeness (QED) is 0.809. The molecule has 1 aliphatic rings. The number of hydrogen-bond donors (Lipinski definition) is 2. The van der Waals surface area contributed by atoms with Crippen molar-refractivity contribution in [2.75, 3.05) is 26.2 Å². The fourth-order valence-electron chi connectivity index (χ4n) is 2.90. The van der Waals surface area contributed by atoms with E-state index in [1.54, 1.807) is 0 Å². The lowest BCUT2D eigenvalue weighted by atomic mass is 10.1. The van der Waals surface area contributed by atoms with Crippen molar-refractivity contribution < 1.29 is 8.42 Å². The van der Waals surface area contributed by atoms with Crippen molar-refractivity contribution in [2.24, 2.45) is 0 Å². The minimum Gasteiger partial charge on any atom is -0.314 e. The van der Waals surface area contributed by atoms with Crippen molar-refractivity contribution >= 4 is 10.2 Å². The highest BCUT2D eigenvalue weighted by Crippen LogP contribution is 2.20. The van der Waals surface area contributed by atoms with Gasteiger partial charge in [0.25, 0.3) is 10.2 Å². The summed E-state index contributed by atoms with van der Waals surface area (Å²) >= 11 is 0. The van der Waals surface area contributed by atoms with Crippen LogP contribution in [0.5, 0.6) is 0 Å². The third-order valence-corrected chi connectivity index (χ3v) is 5.81. The smallest absolute Gasteiger partial charge is 0.279 e. The van der Waals surface area contributed by atoms with Crippen molar-refractivity contribution in [1.82, 2.24) is 24.1 Å². The van der Waals surface area contributed by atoms with Gasteiger partial charge in [0.2, 0.25) is 0 Å². The second kappa shape index (κ2) is 7.65. The van der Waals surface area contributed by atoms with Gasteiger partial charge in [-0.1, -0.05) is 32.0 Å². The number of rotatable bonds is 6.